The maximum absolute atomic E-state index is 4.43. The highest BCUT2D eigenvalue weighted by Gasteiger charge is 2.15. The summed E-state index contributed by atoms with van der Waals surface area (Å²) in [5.74, 6) is 1.44. The van der Waals surface area contributed by atoms with Gasteiger partial charge in [0, 0.05) is 12.1 Å². The van der Waals surface area contributed by atoms with Crippen LogP contribution in [0.3, 0.4) is 0 Å². The molecule has 0 amide bonds. The van der Waals surface area contributed by atoms with E-state index in [1.54, 1.807) is 6.20 Å². The van der Waals surface area contributed by atoms with E-state index in [-0.39, 0.29) is 0 Å². The quantitative estimate of drug-likeness (QED) is 0.820. The van der Waals surface area contributed by atoms with Crippen LogP contribution in [0.25, 0.3) is 0 Å². The van der Waals surface area contributed by atoms with Crippen molar-refractivity contribution in [2.75, 3.05) is 10.6 Å². The Morgan fingerprint density at radius 2 is 2.18 bits per heavy atom. The molecule has 5 nitrogen and oxygen atoms in total. The molecule has 1 atom stereocenters. The molecule has 1 aliphatic carbocycles. The van der Waals surface area contributed by atoms with Crippen molar-refractivity contribution in [1.82, 2.24) is 15.2 Å². The van der Waals surface area contributed by atoms with E-state index in [9.17, 15) is 0 Å². The lowest BCUT2D eigenvalue weighted by Crippen LogP contribution is -2.19. The van der Waals surface area contributed by atoms with Crippen LogP contribution in [0.15, 0.2) is 6.20 Å². The molecule has 0 aliphatic heterocycles. The van der Waals surface area contributed by atoms with Crippen molar-refractivity contribution < 1.29 is 0 Å². The lowest BCUT2D eigenvalue weighted by molar-refractivity contribution is 0.731. The van der Waals surface area contributed by atoms with Gasteiger partial charge in [-0.15, -0.1) is 5.10 Å². The number of rotatable bonds is 5. The predicted molar refractivity (Wildman–Crippen MR) is 69.1 cm³/mol. The third kappa shape index (κ3) is 3.54. The molecule has 1 unspecified atom stereocenters. The van der Waals surface area contributed by atoms with Crippen molar-refractivity contribution in [2.45, 2.75) is 58.0 Å². The molecule has 1 aromatic heterocycles. The first-order valence-electron chi connectivity index (χ1n) is 6.50. The van der Waals surface area contributed by atoms with Gasteiger partial charge in [-0.25, -0.2) is 0 Å². The minimum absolute atomic E-state index is 0.408. The zero-order valence-electron chi connectivity index (χ0n) is 10.6. The van der Waals surface area contributed by atoms with E-state index in [0.29, 0.717) is 18.0 Å². The molecule has 94 valence electrons. The minimum Gasteiger partial charge on any atom is -0.366 e. The van der Waals surface area contributed by atoms with Gasteiger partial charge in [0.2, 0.25) is 5.95 Å². The minimum atomic E-state index is 0.408. The summed E-state index contributed by atoms with van der Waals surface area (Å²) in [5.41, 5.74) is 0. The summed E-state index contributed by atoms with van der Waals surface area (Å²) in [6.07, 6.45) is 7.77. The van der Waals surface area contributed by atoms with Crippen molar-refractivity contribution in [2.24, 2.45) is 0 Å². The fourth-order valence-corrected chi connectivity index (χ4v) is 2.04. The Morgan fingerprint density at radius 1 is 1.41 bits per heavy atom. The van der Waals surface area contributed by atoms with Gasteiger partial charge in [-0.2, -0.15) is 10.1 Å². The van der Waals surface area contributed by atoms with Gasteiger partial charge in [0.1, 0.15) is 0 Å². The first-order valence-corrected chi connectivity index (χ1v) is 6.50. The Balaban J connectivity index is 1.95. The molecule has 17 heavy (non-hydrogen) atoms. The topological polar surface area (TPSA) is 62.7 Å². The Morgan fingerprint density at radius 3 is 2.88 bits per heavy atom. The van der Waals surface area contributed by atoms with Crippen molar-refractivity contribution >= 4 is 11.8 Å². The first kappa shape index (κ1) is 12.1. The zero-order chi connectivity index (χ0) is 12.1. The molecule has 1 fully saturated rings. The lowest BCUT2D eigenvalue weighted by Gasteiger charge is -2.14. The van der Waals surface area contributed by atoms with E-state index in [4.69, 9.17) is 0 Å². The molecular weight excluding hydrogens is 214 g/mol. The van der Waals surface area contributed by atoms with Gasteiger partial charge in [0.05, 0.1) is 6.20 Å². The summed E-state index contributed by atoms with van der Waals surface area (Å²) in [7, 11) is 0. The Hall–Kier alpha value is -1.39. The molecule has 1 heterocycles. The van der Waals surface area contributed by atoms with Gasteiger partial charge in [-0.05, 0) is 26.2 Å². The van der Waals surface area contributed by atoms with Gasteiger partial charge in [-0.3, -0.25) is 0 Å². The highest BCUT2D eigenvalue weighted by atomic mass is 15.3. The number of hydrogen-bond donors (Lipinski definition) is 2. The zero-order valence-corrected chi connectivity index (χ0v) is 10.6. The smallest absolute Gasteiger partial charge is 0.244 e. The average Bonchev–Trinajstić information content (AvgIpc) is 2.82. The number of hydrogen-bond acceptors (Lipinski definition) is 5. The van der Waals surface area contributed by atoms with E-state index in [2.05, 4.69) is 39.7 Å². The molecule has 0 bridgehead atoms. The summed E-state index contributed by atoms with van der Waals surface area (Å²) in [6, 6.07) is 0.932. The molecule has 2 N–H and O–H groups in total. The van der Waals surface area contributed by atoms with Gasteiger partial charge in [0.25, 0.3) is 0 Å². The molecule has 0 radical (unpaired) electrons. The Kier molecular flexibility index (Phi) is 4.12. The molecule has 2 rings (SSSR count). The monoisotopic (exact) mass is 235 g/mol. The average molecular weight is 235 g/mol. The lowest BCUT2D eigenvalue weighted by atomic mass is 10.2. The van der Waals surface area contributed by atoms with E-state index in [1.165, 1.54) is 25.7 Å². The summed E-state index contributed by atoms with van der Waals surface area (Å²) >= 11 is 0. The van der Waals surface area contributed by atoms with Crippen LogP contribution in [-0.4, -0.2) is 27.3 Å². The second-order valence-electron chi connectivity index (χ2n) is 4.74. The summed E-state index contributed by atoms with van der Waals surface area (Å²) in [5, 5.41) is 14.7. The molecule has 0 aromatic carbocycles. The van der Waals surface area contributed by atoms with Gasteiger partial charge in [-0.1, -0.05) is 19.8 Å². The van der Waals surface area contributed by atoms with Crippen LogP contribution >= 0.6 is 0 Å². The number of aromatic nitrogens is 3. The summed E-state index contributed by atoms with van der Waals surface area (Å²) in [4.78, 5) is 4.43. The fraction of sp³-hybridized carbons (Fsp3) is 0.750. The largest absolute Gasteiger partial charge is 0.366 e. The fourth-order valence-electron chi connectivity index (χ4n) is 2.04. The third-order valence-electron chi connectivity index (χ3n) is 3.25. The molecule has 1 saturated carbocycles. The van der Waals surface area contributed by atoms with E-state index in [0.717, 1.165) is 12.2 Å². The number of nitrogens with zero attached hydrogens (tertiary/aromatic N) is 3. The first-order chi connectivity index (χ1) is 8.28. The van der Waals surface area contributed by atoms with Crippen molar-refractivity contribution in [3.05, 3.63) is 6.20 Å². The van der Waals surface area contributed by atoms with E-state index >= 15 is 0 Å². The van der Waals surface area contributed by atoms with Crippen molar-refractivity contribution in [3.8, 4) is 0 Å². The second-order valence-corrected chi connectivity index (χ2v) is 4.74. The van der Waals surface area contributed by atoms with E-state index in [1.807, 2.05) is 0 Å². The number of nitrogens with one attached hydrogen (secondary N) is 2. The van der Waals surface area contributed by atoms with Crippen LogP contribution in [0.4, 0.5) is 11.8 Å². The van der Waals surface area contributed by atoms with Gasteiger partial charge >= 0.3 is 0 Å². The maximum atomic E-state index is 4.43. The second kappa shape index (κ2) is 5.80. The third-order valence-corrected chi connectivity index (χ3v) is 3.25. The van der Waals surface area contributed by atoms with E-state index < -0.39 is 0 Å². The highest BCUT2D eigenvalue weighted by Crippen LogP contribution is 2.20. The van der Waals surface area contributed by atoms with Crippen LogP contribution in [0.1, 0.15) is 46.0 Å². The predicted octanol–water partition coefficient (Wildman–Crippen LogP) is 2.44. The number of anilines is 2. The molecule has 0 spiro atoms. The SMILES string of the molecule is CCC(C)Nc1cnnc(NC2CCCC2)n1. The van der Waals surface area contributed by atoms with Crippen LogP contribution in [0.2, 0.25) is 0 Å². The standard InChI is InChI=1S/C12H21N5/c1-3-9(2)14-11-8-13-17-12(16-11)15-10-6-4-5-7-10/h8-10H,3-7H2,1-2H3,(H2,14,15,16,17). The molecular formula is C12H21N5. The van der Waals surface area contributed by atoms with Crippen LogP contribution in [-0.2, 0) is 0 Å². The Bertz CT molecular complexity index is 349. The maximum Gasteiger partial charge on any atom is 0.244 e. The van der Waals surface area contributed by atoms with Gasteiger partial charge < -0.3 is 10.6 Å². The van der Waals surface area contributed by atoms with Crippen LogP contribution in [0.5, 0.6) is 0 Å². The van der Waals surface area contributed by atoms with Crippen LogP contribution in [0, 0.1) is 0 Å². The summed E-state index contributed by atoms with van der Waals surface area (Å²) < 4.78 is 0. The molecule has 5 heteroatoms. The van der Waals surface area contributed by atoms with Gasteiger partial charge in [0.15, 0.2) is 5.82 Å². The highest BCUT2D eigenvalue weighted by molar-refractivity contribution is 5.38. The molecule has 0 saturated heterocycles. The van der Waals surface area contributed by atoms with Crippen molar-refractivity contribution in [3.63, 3.8) is 0 Å². The Labute approximate surface area is 102 Å². The molecule has 1 aromatic rings. The summed E-state index contributed by atoms with van der Waals surface area (Å²) in [6.45, 7) is 4.27. The molecule has 1 aliphatic rings. The normalized spacial score (nSPS) is 18.0. The van der Waals surface area contributed by atoms with Crippen LogP contribution < -0.4 is 10.6 Å². The van der Waals surface area contributed by atoms with Crippen molar-refractivity contribution in [1.29, 1.82) is 0 Å².